The Morgan fingerprint density at radius 2 is 1.90 bits per heavy atom. The number of alkyl halides is 2. The highest BCUT2D eigenvalue weighted by Crippen LogP contribution is 2.47. The smallest absolute Gasteiger partial charge is 0.387 e. The molecular formula is C23H19F2N3O3. The number of benzene rings is 1. The van der Waals surface area contributed by atoms with Gasteiger partial charge in [-0.2, -0.15) is 8.78 Å². The molecular weight excluding hydrogens is 404 g/mol. The first-order valence-electron chi connectivity index (χ1n) is 9.85. The average molecular weight is 423 g/mol. The van der Waals surface area contributed by atoms with Gasteiger partial charge in [-0.3, -0.25) is 4.98 Å². The van der Waals surface area contributed by atoms with E-state index in [-0.39, 0.29) is 18.3 Å². The van der Waals surface area contributed by atoms with Crippen LogP contribution >= 0.6 is 0 Å². The van der Waals surface area contributed by atoms with Gasteiger partial charge < -0.3 is 19.4 Å². The topological polar surface area (TPSA) is 79.9 Å². The Hall–Kier alpha value is -3.36. The van der Waals surface area contributed by atoms with Crippen LogP contribution in [-0.4, -0.2) is 31.2 Å². The Bertz CT molecular complexity index is 1240. The average Bonchev–Trinajstić information content (AvgIpc) is 3.31. The number of aliphatic hydroxyl groups is 2. The van der Waals surface area contributed by atoms with E-state index >= 15 is 0 Å². The molecule has 0 radical (unpaired) electrons. The molecule has 0 saturated carbocycles. The predicted octanol–water partition coefficient (Wildman–Crippen LogP) is 4.06. The van der Waals surface area contributed by atoms with E-state index in [4.69, 9.17) is 4.74 Å². The number of fused-ring (bicyclic) bond motifs is 3. The molecule has 5 rings (SSSR count). The summed E-state index contributed by atoms with van der Waals surface area (Å²) in [5.41, 5.74) is 4.86. The molecule has 0 fully saturated rings. The van der Waals surface area contributed by atoms with Crippen molar-refractivity contribution < 1.29 is 23.7 Å². The fraction of sp³-hybridized carbons (Fsp3) is 0.217. The third-order valence-corrected chi connectivity index (χ3v) is 5.62. The van der Waals surface area contributed by atoms with Gasteiger partial charge in [0.15, 0.2) is 0 Å². The summed E-state index contributed by atoms with van der Waals surface area (Å²) in [4.78, 5) is 8.80. The van der Waals surface area contributed by atoms with Crippen molar-refractivity contribution in [1.82, 2.24) is 14.4 Å². The highest BCUT2D eigenvalue weighted by atomic mass is 19.3. The zero-order valence-electron chi connectivity index (χ0n) is 16.3. The van der Waals surface area contributed by atoms with Crippen molar-refractivity contribution in [3.05, 3.63) is 83.6 Å². The van der Waals surface area contributed by atoms with Crippen LogP contribution in [0.1, 0.15) is 41.1 Å². The second-order valence-corrected chi connectivity index (χ2v) is 7.45. The zero-order valence-corrected chi connectivity index (χ0v) is 16.3. The first kappa shape index (κ1) is 19.6. The van der Waals surface area contributed by atoms with Gasteiger partial charge in [0.05, 0.1) is 29.8 Å². The first-order valence-corrected chi connectivity index (χ1v) is 9.85. The highest BCUT2D eigenvalue weighted by molar-refractivity contribution is 5.65. The summed E-state index contributed by atoms with van der Waals surface area (Å²) < 4.78 is 32.5. The Labute approximate surface area is 176 Å². The fourth-order valence-corrected chi connectivity index (χ4v) is 4.22. The van der Waals surface area contributed by atoms with E-state index in [1.54, 1.807) is 30.5 Å². The van der Waals surface area contributed by atoms with Crippen LogP contribution in [0.2, 0.25) is 0 Å². The van der Waals surface area contributed by atoms with Gasteiger partial charge >= 0.3 is 6.61 Å². The molecule has 3 aromatic heterocycles. The number of aliphatic hydroxyl groups excluding tert-OH is 2. The number of hydrogen-bond acceptors (Lipinski definition) is 5. The Morgan fingerprint density at radius 1 is 1.10 bits per heavy atom. The number of aromatic nitrogens is 3. The number of pyridine rings is 2. The molecule has 1 aliphatic rings. The summed E-state index contributed by atoms with van der Waals surface area (Å²) in [5, 5.41) is 19.8. The van der Waals surface area contributed by atoms with Gasteiger partial charge in [-0.1, -0.05) is 24.3 Å². The maximum Gasteiger partial charge on any atom is 0.387 e. The molecule has 0 spiro atoms. The number of hydrogen-bond donors (Lipinski definition) is 2. The molecule has 31 heavy (non-hydrogen) atoms. The maximum atomic E-state index is 12.9. The summed E-state index contributed by atoms with van der Waals surface area (Å²) in [6, 6.07) is 14.0. The van der Waals surface area contributed by atoms with E-state index in [0.717, 1.165) is 16.8 Å². The molecule has 158 valence electrons. The number of rotatable bonds is 5. The van der Waals surface area contributed by atoms with Crippen LogP contribution in [0.3, 0.4) is 0 Å². The predicted molar refractivity (Wildman–Crippen MR) is 109 cm³/mol. The van der Waals surface area contributed by atoms with E-state index in [1.807, 2.05) is 28.8 Å². The lowest BCUT2D eigenvalue weighted by atomic mass is 9.95. The number of para-hydroxylation sites is 1. The van der Waals surface area contributed by atoms with Crippen LogP contribution in [0.25, 0.3) is 16.8 Å². The van der Waals surface area contributed by atoms with Crippen LogP contribution < -0.4 is 4.74 Å². The fourth-order valence-electron chi connectivity index (χ4n) is 4.22. The lowest BCUT2D eigenvalue weighted by Gasteiger charge is -2.17. The molecule has 1 aliphatic carbocycles. The van der Waals surface area contributed by atoms with Gasteiger partial charge in [0.1, 0.15) is 11.4 Å². The second kappa shape index (κ2) is 7.72. The molecule has 0 aliphatic heterocycles. The van der Waals surface area contributed by atoms with Crippen molar-refractivity contribution in [3.63, 3.8) is 0 Å². The van der Waals surface area contributed by atoms with Crippen molar-refractivity contribution in [2.24, 2.45) is 0 Å². The summed E-state index contributed by atoms with van der Waals surface area (Å²) in [7, 11) is 0. The third kappa shape index (κ3) is 3.43. The number of nitrogens with zero attached hydrogens (tertiary/aromatic N) is 3. The minimum atomic E-state index is -2.94. The minimum Gasteiger partial charge on any atom is -0.435 e. The monoisotopic (exact) mass is 423 g/mol. The molecule has 3 heterocycles. The highest BCUT2D eigenvalue weighted by Gasteiger charge is 2.37. The standard InChI is InChI=1S/C23H19F2N3O3/c24-23(25)31-19-4-2-1-3-16(19)17-9-18(30)21-22(17)28-11-14(6-8-20(28)27-21)13-5-7-15(12-29)26-10-13/h1-8,10-11,17-18,23,29-30H,9,12H2. The lowest BCUT2D eigenvalue weighted by molar-refractivity contribution is -0.0505. The summed E-state index contributed by atoms with van der Waals surface area (Å²) in [5.74, 6) is -0.252. The van der Waals surface area contributed by atoms with Crippen molar-refractivity contribution in [2.45, 2.75) is 31.7 Å². The van der Waals surface area contributed by atoms with E-state index in [9.17, 15) is 19.0 Å². The molecule has 4 aromatic rings. The van der Waals surface area contributed by atoms with Crippen LogP contribution in [0.4, 0.5) is 8.78 Å². The van der Waals surface area contributed by atoms with Crippen molar-refractivity contribution in [2.75, 3.05) is 0 Å². The first-order chi connectivity index (χ1) is 15.0. The van der Waals surface area contributed by atoms with E-state index in [0.29, 0.717) is 29.0 Å². The van der Waals surface area contributed by atoms with Crippen LogP contribution in [0, 0.1) is 0 Å². The van der Waals surface area contributed by atoms with Crippen molar-refractivity contribution in [3.8, 4) is 16.9 Å². The third-order valence-electron chi connectivity index (χ3n) is 5.62. The summed E-state index contributed by atoms with van der Waals surface area (Å²) in [6.45, 7) is -3.07. The Kier molecular flexibility index (Phi) is 4.88. The van der Waals surface area contributed by atoms with Crippen molar-refractivity contribution in [1.29, 1.82) is 0 Å². The van der Waals surface area contributed by atoms with Crippen LogP contribution in [0.15, 0.2) is 60.9 Å². The van der Waals surface area contributed by atoms with Gasteiger partial charge in [0.2, 0.25) is 0 Å². The maximum absolute atomic E-state index is 12.9. The van der Waals surface area contributed by atoms with E-state index in [1.165, 1.54) is 6.07 Å². The lowest BCUT2D eigenvalue weighted by Crippen LogP contribution is -2.08. The van der Waals surface area contributed by atoms with Crippen molar-refractivity contribution >= 4 is 5.65 Å². The summed E-state index contributed by atoms with van der Waals surface area (Å²) in [6.07, 6.45) is 3.12. The largest absolute Gasteiger partial charge is 0.435 e. The molecule has 0 amide bonds. The number of halogens is 2. The van der Waals surface area contributed by atoms with Gasteiger partial charge in [0, 0.05) is 35.0 Å². The molecule has 0 saturated heterocycles. The van der Waals surface area contributed by atoms with E-state index in [2.05, 4.69) is 9.97 Å². The molecule has 2 N–H and O–H groups in total. The van der Waals surface area contributed by atoms with E-state index < -0.39 is 12.7 Å². The quantitative estimate of drug-likeness (QED) is 0.506. The number of imidazole rings is 1. The number of ether oxygens (including phenoxy) is 1. The Morgan fingerprint density at radius 3 is 2.65 bits per heavy atom. The molecule has 2 unspecified atom stereocenters. The van der Waals surface area contributed by atoms with Gasteiger partial charge in [0.25, 0.3) is 0 Å². The minimum absolute atomic E-state index is 0.0949. The Balaban J connectivity index is 1.63. The summed E-state index contributed by atoms with van der Waals surface area (Å²) >= 11 is 0. The molecule has 8 heteroatoms. The normalized spacial score (nSPS) is 18.0. The van der Waals surface area contributed by atoms with Gasteiger partial charge in [-0.05, 0) is 30.7 Å². The van der Waals surface area contributed by atoms with Gasteiger partial charge in [-0.25, -0.2) is 4.98 Å². The molecule has 1 aromatic carbocycles. The molecule has 2 atom stereocenters. The van der Waals surface area contributed by atoms with Crippen LogP contribution in [0.5, 0.6) is 5.75 Å². The molecule has 6 nitrogen and oxygen atoms in total. The SMILES string of the molecule is OCc1ccc(-c2ccc3nc4c(n3c2)C(c2ccccc2OC(F)F)CC4O)cn1. The zero-order chi connectivity index (χ0) is 21.5. The molecule has 0 bridgehead atoms. The second-order valence-electron chi connectivity index (χ2n) is 7.45. The van der Waals surface area contributed by atoms with Gasteiger partial charge in [-0.15, -0.1) is 0 Å². The van der Waals surface area contributed by atoms with Crippen LogP contribution in [-0.2, 0) is 6.61 Å².